The molecule has 0 aliphatic heterocycles. The van der Waals surface area contributed by atoms with E-state index in [-0.39, 0.29) is 11.7 Å². The zero-order valence-electron chi connectivity index (χ0n) is 11.6. The van der Waals surface area contributed by atoms with Crippen LogP contribution in [0.25, 0.3) is 11.3 Å². The summed E-state index contributed by atoms with van der Waals surface area (Å²) in [5, 5.41) is 0. The van der Waals surface area contributed by atoms with Crippen molar-refractivity contribution in [1.82, 2.24) is 9.88 Å². The largest absolute Gasteiger partial charge is 0.494 e. The Kier molecular flexibility index (Phi) is 3.98. The Morgan fingerprint density at radius 1 is 1.25 bits per heavy atom. The molecule has 5 heteroatoms. The van der Waals surface area contributed by atoms with Crippen LogP contribution in [0.3, 0.4) is 0 Å². The van der Waals surface area contributed by atoms with Gasteiger partial charge in [0, 0.05) is 19.7 Å². The van der Waals surface area contributed by atoms with Gasteiger partial charge in [0.1, 0.15) is 5.69 Å². The Hall–Kier alpha value is -2.43. The number of amides is 1. The smallest absolute Gasteiger partial charge is 0.271 e. The molecule has 0 saturated heterocycles. The Morgan fingerprint density at radius 3 is 2.60 bits per heavy atom. The van der Waals surface area contributed by atoms with E-state index in [0.717, 1.165) is 0 Å². The quantitative estimate of drug-likeness (QED) is 0.864. The van der Waals surface area contributed by atoms with Crippen LogP contribution in [-0.2, 0) is 0 Å². The van der Waals surface area contributed by atoms with E-state index >= 15 is 0 Å². The number of methoxy groups -OCH3 is 1. The lowest BCUT2D eigenvalue weighted by atomic mass is 10.1. The Bertz CT molecular complexity index is 642. The van der Waals surface area contributed by atoms with Gasteiger partial charge >= 0.3 is 0 Å². The molecule has 0 bridgehead atoms. The van der Waals surface area contributed by atoms with Gasteiger partial charge in [-0.3, -0.25) is 4.79 Å². The zero-order chi connectivity index (χ0) is 14.7. The summed E-state index contributed by atoms with van der Waals surface area (Å²) in [5.74, 6) is -0.480. The summed E-state index contributed by atoms with van der Waals surface area (Å²) in [6.07, 6.45) is 0. The molecule has 4 nitrogen and oxygen atoms in total. The third-order valence-electron chi connectivity index (χ3n) is 2.82. The fourth-order valence-corrected chi connectivity index (χ4v) is 1.77. The normalized spacial score (nSPS) is 10.2. The summed E-state index contributed by atoms with van der Waals surface area (Å²) in [4.78, 5) is 17.6. The minimum absolute atomic E-state index is 0.175. The molecule has 0 spiro atoms. The molecule has 1 aromatic heterocycles. The number of hydrogen-bond acceptors (Lipinski definition) is 3. The number of aromatic nitrogens is 1. The van der Waals surface area contributed by atoms with Gasteiger partial charge in [-0.1, -0.05) is 6.07 Å². The topological polar surface area (TPSA) is 42.4 Å². The second kappa shape index (κ2) is 5.69. The minimum Gasteiger partial charge on any atom is -0.494 e. The van der Waals surface area contributed by atoms with Gasteiger partial charge in [0.15, 0.2) is 11.6 Å². The van der Waals surface area contributed by atoms with Gasteiger partial charge in [-0.05, 0) is 30.3 Å². The maximum absolute atomic E-state index is 13.7. The first-order valence-corrected chi connectivity index (χ1v) is 6.05. The molecule has 0 saturated carbocycles. The predicted molar refractivity (Wildman–Crippen MR) is 74.2 cm³/mol. The van der Waals surface area contributed by atoms with Crippen LogP contribution in [0.2, 0.25) is 0 Å². The molecule has 1 heterocycles. The minimum atomic E-state index is -0.462. The predicted octanol–water partition coefficient (Wildman–Crippen LogP) is 2.60. The highest BCUT2D eigenvalue weighted by Crippen LogP contribution is 2.24. The Labute approximate surface area is 116 Å². The van der Waals surface area contributed by atoms with Crippen molar-refractivity contribution in [1.29, 1.82) is 0 Å². The first kappa shape index (κ1) is 14.0. The molecule has 2 rings (SSSR count). The summed E-state index contributed by atoms with van der Waals surface area (Å²) in [6.45, 7) is 0. The zero-order valence-corrected chi connectivity index (χ0v) is 11.6. The highest BCUT2D eigenvalue weighted by Gasteiger charge is 2.12. The van der Waals surface area contributed by atoms with E-state index < -0.39 is 5.82 Å². The molecule has 0 radical (unpaired) electrons. The van der Waals surface area contributed by atoms with Crippen LogP contribution in [0.4, 0.5) is 4.39 Å². The van der Waals surface area contributed by atoms with E-state index in [1.165, 1.54) is 24.1 Å². The summed E-state index contributed by atoms with van der Waals surface area (Å²) >= 11 is 0. The Morgan fingerprint density at radius 2 is 2.00 bits per heavy atom. The third kappa shape index (κ3) is 2.77. The number of carbonyl (C=O) groups is 1. The van der Waals surface area contributed by atoms with Crippen LogP contribution in [0.5, 0.6) is 5.75 Å². The van der Waals surface area contributed by atoms with E-state index in [0.29, 0.717) is 17.0 Å². The number of ether oxygens (including phenoxy) is 1. The molecular formula is C15H15FN2O2. The molecule has 0 N–H and O–H groups in total. The molecule has 0 atom stereocenters. The summed E-state index contributed by atoms with van der Waals surface area (Å²) < 4.78 is 18.6. The Balaban J connectivity index is 2.41. The fraction of sp³-hybridized carbons (Fsp3) is 0.200. The molecule has 1 aromatic carbocycles. The van der Waals surface area contributed by atoms with Crippen molar-refractivity contribution >= 4 is 5.91 Å². The summed E-state index contributed by atoms with van der Waals surface area (Å²) in [6, 6.07) is 9.66. The molecule has 104 valence electrons. The maximum Gasteiger partial charge on any atom is 0.271 e. The standard InChI is InChI=1S/C15H15FN2O2/c1-18(2)15(19)13-6-4-5-12(17-13)10-7-8-14(20-3)11(16)9-10/h4-9H,1-3H3. The van der Waals surface area contributed by atoms with E-state index in [9.17, 15) is 9.18 Å². The van der Waals surface area contributed by atoms with Gasteiger partial charge in [-0.25, -0.2) is 9.37 Å². The second-order valence-corrected chi connectivity index (χ2v) is 4.46. The number of pyridine rings is 1. The van der Waals surface area contributed by atoms with Crippen molar-refractivity contribution in [3.63, 3.8) is 0 Å². The van der Waals surface area contributed by atoms with Crippen LogP contribution >= 0.6 is 0 Å². The molecule has 1 amide bonds. The van der Waals surface area contributed by atoms with Crippen LogP contribution in [-0.4, -0.2) is 37.0 Å². The van der Waals surface area contributed by atoms with Crippen molar-refractivity contribution < 1.29 is 13.9 Å². The number of halogens is 1. The molecule has 20 heavy (non-hydrogen) atoms. The van der Waals surface area contributed by atoms with Crippen LogP contribution in [0.1, 0.15) is 10.5 Å². The number of rotatable bonds is 3. The fourth-order valence-electron chi connectivity index (χ4n) is 1.77. The monoisotopic (exact) mass is 274 g/mol. The van der Waals surface area contributed by atoms with E-state index in [1.807, 2.05) is 0 Å². The first-order valence-electron chi connectivity index (χ1n) is 6.05. The van der Waals surface area contributed by atoms with E-state index in [1.54, 1.807) is 38.4 Å². The van der Waals surface area contributed by atoms with Crippen LogP contribution < -0.4 is 4.74 Å². The summed E-state index contributed by atoms with van der Waals surface area (Å²) in [7, 11) is 4.72. The van der Waals surface area contributed by atoms with Gasteiger partial charge < -0.3 is 9.64 Å². The average Bonchev–Trinajstić information content (AvgIpc) is 2.46. The van der Waals surface area contributed by atoms with Gasteiger partial charge in [-0.2, -0.15) is 0 Å². The molecule has 0 fully saturated rings. The van der Waals surface area contributed by atoms with Crippen molar-refractivity contribution in [3.05, 3.63) is 47.9 Å². The lowest BCUT2D eigenvalue weighted by Gasteiger charge is -2.10. The number of hydrogen-bond donors (Lipinski definition) is 0. The molecule has 0 aliphatic rings. The second-order valence-electron chi connectivity index (χ2n) is 4.46. The number of carbonyl (C=O) groups excluding carboxylic acids is 1. The van der Waals surface area contributed by atoms with Gasteiger partial charge in [-0.15, -0.1) is 0 Å². The highest BCUT2D eigenvalue weighted by molar-refractivity contribution is 5.92. The summed E-state index contributed by atoms with van der Waals surface area (Å²) in [5.41, 5.74) is 1.46. The first-order chi connectivity index (χ1) is 9.52. The lowest BCUT2D eigenvalue weighted by Crippen LogP contribution is -2.22. The molecule has 0 aliphatic carbocycles. The van der Waals surface area contributed by atoms with Gasteiger partial charge in [0.05, 0.1) is 12.8 Å². The molecule has 2 aromatic rings. The van der Waals surface area contributed by atoms with Gasteiger partial charge in [0.2, 0.25) is 0 Å². The maximum atomic E-state index is 13.7. The van der Waals surface area contributed by atoms with E-state index in [2.05, 4.69) is 4.98 Å². The molecule has 0 unspecified atom stereocenters. The average molecular weight is 274 g/mol. The molecular weight excluding hydrogens is 259 g/mol. The number of nitrogens with zero attached hydrogens (tertiary/aromatic N) is 2. The highest BCUT2D eigenvalue weighted by atomic mass is 19.1. The van der Waals surface area contributed by atoms with Crippen LogP contribution in [0, 0.1) is 5.82 Å². The van der Waals surface area contributed by atoms with Crippen molar-refractivity contribution in [2.75, 3.05) is 21.2 Å². The lowest BCUT2D eigenvalue weighted by molar-refractivity contribution is 0.0822. The van der Waals surface area contributed by atoms with Crippen LogP contribution in [0.15, 0.2) is 36.4 Å². The van der Waals surface area contributed by atoms with Crippen molar-refractivity contribution in [2.45, 2.75) is 0 Å². The third-order valence-corrected chi connectivity index (χ3v) is 2.82. The SMILES string of the molecule is COc1ccc(-c2cccc(C(=O)N(C)C)n2)cc1F. The number of benzene rings is 1. The van der Waals surface area contributed by atoms with Gasteiger partial charge in [0.25, 0.3) is 5.91 Å². The van der Waals surface area contributed by atoms with Crippen molar-refractivity contribution in [3.8, 4) is 17.0 Å². The van der Waals surface area contributed by atoms with Crippen molar-refractivity contribution in [2.24, 2.45) is 0 Å². The van der Waals surface area contributed by atoms with E-state index in [4.69, 9.17) is 4.74 Å².